The molecular weight excluding hydrogens is 336 g/mol. The molecule has 4 rings (SSSR count). The van der Waals surface area contributed by atoms with Gasteiger partial charge in [-0.1, -0.05) is 36.4 Å². The van der Waals surface area contributed by atoms with Crippen molar-refractivity contribution in [1.82, 2.24) is 4.98 Å². The summed E-state index contributed by atoms with van der Waals surface area (Å²) < 4.78 is 0. The molecule has 0 bridgehead atoms. The Bertz CT molecular complexity index is 976. The monoisotopic (exact) mass is 352 g/mol. The smallest absolute Gasteiger partial charge is 0.183 e. The number of thiazole rings is 1. The Morgan fingerprint density at radius 3 is 2.67 bits per heavy atom. The quantitative estimate of drug-likeness (QED) is 0.504. The van der Waals surface area contributed by atoms with Gasteiger partial charge in [0.15, 0.2) is 5.13 Å². The number of aromatic hydroxyl groups is 1. The van der Waals surface area contributed by atoms with Crippen molar-refractivity contribution in [1.29, 1.82) is 0 Å². The number of nitrogens with one attached hydrogen (secondary N) is 1. The summed E-state index contributed by atoms with van der Waals surface area (Å²) >= 11 is 3.25. The molecule has 5 heteroatoms. The minimum atomic E-state index is -0.137. The van der Waals surface area contributed by atoms with Crippen molar-refractivity contribution in [3.63, 3.8) is 0 Å². The van der Waals surface area contributed by atoms with Gasteiger partial charge in [-0.15, -0.1) is 22.7 Å². The minimum Gasteiger partial charge on any atom is -0.508 e. The third kappa shape index (κ3) is 2.77. The van der Waals surface area contributed by atoms with E-state index in [2.05, 4.69) is 33.9 Å². The van der Waals surface area contributed by atoms with E-state index in [0.717, 1.165) is 32.0 Å². The van der Waals surface area contributed by atoms with Gasteiger partial charge in [0, 0.05) is 15.8 Å². The molecule has 0 radical (unpaired) electrons. The molecular formula is C19H16N2OS2. The normalized spacial score (nSPS) is 12.4. The van der Waals surface area contributed by atoms with Gasteiger partial charge in [-0.05, 0) is 35.2 Å². The first-order valence-electron chi connectivity index (χ1n) is 7.65. The maximum absolute atomic E-state index is 10.6. The highest BCUT2D eigenvalue weighted by Gasteiger charge is 2.22. The molecule has 0 aliphatic carbocycles. The average Bonchev–Trinajstić information content (AvgIpc) is 3.25. The van der Waals surface area contributed by atoms with Crippen LogP contribution >= 0.6 is 22.7 Å². The number of aryl methyl sites for hydroxylation is 1. The second kappa shape index (κ2) is 6.26. The van der Waals surface area contributed by atoms with E-state index in [9.17, 15) is 5.11 Å². The zero-order chi connectivity index (χ0) is 16.5. The van der Waals surface area contributed by atoms with Crippen molar-refractivity contribution in [3.05, 3.63) is 75.4 Å². The number of benzene rings is 2. The van der Waals surface area contributed by atoms with Gasteiger partial charge < -0.3 is 10.4 Å². The number of fused-ring (bicyclic) bond motifs is 1. The highest BCUT2D eigenvalue weighted by atomic mass is 32.1. The molecule has 3 nitrogen and oxygen atoms in total. The van der Waals surface area contributed by atoms with Gasteiger partial charge in [0.05, 0.1) is 11.7 Å². The fourth-order valence-corrected chi connectivity index (χ4v) is 4.37. The van der Waals surface area contributed by atoms with Gasteiger partial charge in [-0.25, -0.2) is 4.98 Å². The number of phenolic OH excluding ortho intramolecular Hbond substituents is 1. The molecule has 1 unspecified atom stereocenters. The van der Waals surface area contributed by atoms with E-state index in [0.29, 0.717) is 5.75 Å². The van der Waals surface area contributed by atoms with Crippen LogP contribution in [0.15, 0.2) is 59.3 Å². The lowest BCUT2D eigenvalue weighted by molar-refractivity contribution is 0.468. The van der Waals surface area contributed by atoms with Crippen molar-refractivity contribution in [2.45, 2.75) is 13.0 Å². The molecule has 1 atom stereocenters. The predicted molar refractivity (Wildman–Crippen MR) is 102 cm³/mol. The minimum absolute atomic E-state index is 0.137. The van der Waals surface area contributed by atoms with Gasteiger partial charge in [0.2, 0.25) is 0 Å². The molecule has 0 spiro atoms. The third-order valence-electron chi connectivity index (χ3n) is 3.95. The Balaban J connectivity index is 1.89. The van der Waals surface area contributed by atoms with E-state index in [1.807, 2.05) is 36.6 Å². The van der Waals surface area contributed by atoms with E-state index < -0.39 is 0 Å². The van der Waals surface area contributed by atoms with Crippen LogP contribution in [0.25, 0.3) is 10.8 Å². The molecule has 0 saturated heterocycles. The van der Waals surface area contributed by atoms with Gasteiger partial charge in [0.25, 0.3) is 0 Å². The summed E-state index contributed by atoms with van der Waals surface area (Å²) in [4.78, 5) is 5.67. The molecule has 0 aliphatic rings. The summed E-state index contributed by atoms with van der Waals surface area (Å²) in [5, 5.41) is 21.2. The molecule has 0 saturated carbocycles. The molecule has 24 heavy (non-hydrogen) atoms. The zero-order valence-electron chi connectivity index (χ0n) is 13.1. The number of thiophene rings is 1. The van der Waals surface area contributed by atoms with Crippen LogP contribution in [0.4, 0.5) is 5.13 Å². The van der Waals surface area contributed by atoms with Crippen LogP contribution in [0.5, 0.6) is 5.75 Å². The Morgan fingerprint density at radius 1 is 1.04 bits per heavy atom. The number of nitrogens with zero attached hydrogens (tertiary/aromatic N) is 1. The molecule has 2 aromatic heterocycles. The van der Waals surface area contributed by atoms with E-state index in [-0.39, 0.29) is 6.04 Å². The van der Waals surface area contributed by atoms with E-state index in [4.69, 9.17) is 0 Å². The summed E-state index contributed by atoms with van der Waals surface area (Å²) in [5.74, 6) is 0.299. The van der Waals surface area contributed by atoms with Crippen LogP contribution in [0, 0.1) is 6.92 Å². The van der Waals surface area contributed by atoms with Crippen LogP contribution in [-0.2, 0) is 0 Å². The lowest BCUT2D eigenvalue weighted by Gasteiger charge is -2.20. The summed E-state index contributed by atoms with van der Waals surface area (Å²) in [7, 11) is 0. The molecule has 2 heterocycles. The average molecular weight is 352 g/mol. The number of anilines is 1. The molecule has 4 aromatic rings. The Hall–Kier alpha value is -2.37. The molecule has 2 aromatic carbocycles. The molecule has 2 N–H and O–H groups in total. The first-order valence-corrected chi connectivity index (χ1v) is 9.41. The zero-order valence-corrected chi connectivity index (χ0v) is 14.7. The van der Waals surface area contributed by atoms with E-state index in [1.165, 1.54) is 0 Å². The highest BCUT2D eigenvalue weighted by molar-refractivity contribution is 7.13. The second-order valence-electron chi connectivity index (χ2n) is 5.61. The number of phenols is 1. The summed E-state index contributed by atoms with van der Waals surface area (Å²) in [6, 6.07) is 15.8. The Morgan fingerprint density at radius 2 is 1.92 bits per heavy atom. The van der Waals surface area contributed by atoms with Crippen molar-refractivity contribution in [2.24, 2.45) is 0 Å². The maximum atomic E-state index is 10.6. The largest absolute Gasteiger partial charge is 0.508 e. The predicted octanol–water partition coefficient (Wildman–Crippen LogP) is 5.57. The fourth-order valence-electron chi connectivity index (χ4n) is 2.87. The Kier molecular flexibility index (Phi) is 3.96. The SMILES string of the molecule is Cc1csc(NC(c2cccs2)c2c(O)ccc3ccccc23)n1. The first-order chi connectivity index (χ1) is 11.7. The van der Waals surface area contributed by atoms with Gasteiger partial charge in [0.1, 0.15) is 5.75 Å². The van der Waals surface area contributed by atoms with Crippen LogP contribution in [0.2, 0.25) is 0 Å². The summed E-state index contributed by atoms with van der Waals surface area (Å²) in [6.07, 6.45) is 0. The highest BCUT2D eigenvalue weighted by Crippen LogP contribution is 2.39. The standard InChI is InChI=1S/C19H16N2OS2/c1-12-11-24-19(20-12)21-18(16-7-4-10-23-16)17-14-6-3-2-5-13(14)8-9-15(17)22/h2-11,18,22H,1H3,(H,20,21). The third-order valence-corrected chi connectivity index (χ3v) is 5.78. The number of rotatable bonds is 4. The second-order valence-corrected chi connectivity index (χ2v) is 7.44. The van der Waals surface area contributed by atoms with Crippen molar-refractivity contribution < 1.29 is 5.11 Å². The molecule has 0 aliphatic heterocycles. The fraction of sp³-hybridized carbons (Fsp3) is 0.105. The van der Waals surface area contributed by atoms with E-state index in [1.54, 1.807) is 28.7 Å². The topological polar surface area (TPSA) is 45.1 Å². The van der Waals surface area contributed by atoms with Gasteiger partial charge >= 0.3 is 0 Å². The summed E-state index contributed by atoms with van der Waals surface area (Å²) in [6.45, 7) is 1.98. The molecule has 120 valence electrons. The molecule has 0 fully saturated rings. The van der Waals surface area contributed by atoms with Crippen molar-refractivity contribution >= 4 is 38.6 Å². The lowest BCUT2D eigenvalue weighted by atomic mass is 9.96. The lowest BCUT2D eigenvalue weighted by Crippen LogP contribution is -2.11. The molecule has 0 amide bonds. The summed E-state index contributed by atoms with van der Waals surface area (Å²) in [5.41, 5.74) is 1.89. The van der Waals surface area contributed by atoms with E-state index >= 15 is 0 Å². The van der Waals surface area contributed by atoms with Crippen LogP contribution in [0.3, 0.4) is 0 Å². The van der Waals surface area contributed by atoms with Crippen LogP contribution < -0.4 is 5.32 Å². The van der Waals surface area contributed by atoms with Gasteiger partial charge in [-0.3, -0.25) is 0 Å². The van der Waals surface area contributed by atoms with Crippen molar-refractivity contribution in [2.75, 3.05) is 5.32 Å². The van der Waals surface area contributed by atoms with Crippen LogP contribution in [-0.4, -0.2) is 10.1 Å². The maximum Gasteiger partial charge on any atom is 0.183 e. The first kappa shape index (κ1) is 15.2. The van der Waals surface area contributed by atoms with Crippen molar-refractivity contribution in [3.8, 4) is 5.75 Å². The van der Waals surface area contributed by atoms with Crippen LogP contribution in [0.1, 0.15) is 22.2 Å². The number of hydrogen-bond donors (Lipinski definition) is 2. The van der Waals surface area contributed by atoms with Gasteiger partial charge in [-0.2, -0.15) is 0 Å². The number of aromatic nitrogens is 1. The number of hydrogen-bond acceptors (Lipinski definition) is 5. The Labute approximate surface area is 148 Å².